The first-order valence-corrected chi connectivity index (χ1v) is 5.83. The lowest BCUT2D eigenvalue weighted by atomic mass is 10.1. The lowest BCUT2D eigenvalue weighted by Gasteiger charge is -2.10. The number of rotatable bonds is 6. The minimum atomic E-state index is -0.757. The smallest absolute Gasteiger partial charge is 0.241 e. The SMILES string of the molecule is CCNC(=O)CCNC(=O)C(N)c1cnn(C)c1. The number of nitrogens with one attached hydrogen (secondary N) is 2. The number of nitrogens with zero attached hydrogens (tertiary/aromatic N) is 2. The number of carbonyl (C=O) groups excluding carboxylic acids is 2. The van der Waals surface area contributed by atoms with E-state index in [1.807, 2.05) is 6.92 Å². The van der Waals surface area contributed by atoms with Crippen molar-refractivity contribution < 1.29 is 9.59 Å². The van der Waals surface area contributed by atoms with Crippen LogP contribution in [-0.2, 0) is 16.6 Å². The van der Waals surface area contributed by atoms with E-state index in [1.54, 1.807) is 24.1 Å². The molecule has 1 unspecified atom stereocenters. The van der Waals surface area contributed by atoms with E-state index in [2.05, 4.69) is 15.7 Å². The molecule has 7 nitrogen and oxygen atoms in total. The minimum absolute atomic E-state index is 0.0900. The quantitative estimate of drug-likeness (QED) is 0.609. The Bertz CT molecular complexity index is 415. The summed E-state index contributed by atoms with van der Waals surface area (Å²) in [6, 6.07) is -0.757. The van der Waals surface area contributed by atoms with Gasteiger partial charge in [0.1, 0.15) is 6.04 Å². The Morgan fingerprint density at radius 3 is 2.78 bits per heavy atom. The normalized spacial score (nSPS) is 11.9. The molecule has 1 rings (SSSR count). The maximum absolute atomic E-state index is 11.7. The van der Waals surface area contributed by atoms with Gasteiger partial charge in [-0.1, -0.05) is 0 Å². The Labute approximate surface area is 106 Å². The van der Waals surface area contributed by atoms with Gasteiger partial charge in [-0.25, -0.2) is 0 Å². The van der Waals surface area contributed by atoms with E-state index in [4.69, 9.17) is 5.73 Å². The predicted octanol–water partition coefficient (Wildman–Crippen LogP) is -0.938. The van der Waals surface area contributed by atoms with Crippen molar-refractivity contribution in [2.75, 3.05) is 13.1 Å². The highest BCUT2D eigenvalue weighted by Gasteiger charge is 2.16. The molecule has 0 aliphatic carbocycles. The van der Waals surface area contributed by atoms with Gasteiger partial charge in [0.25, 0.3) is 0 Å². The van der Waals surface area contributed by atoms with Crippen LogP contribution in [0.2, 0.25) is 0 Å². The second-order valence-electron chi connectivity index (χ2n) is 3.92. The molecule has 0 saturated heterocycles. The summed E-state index contributed by atoms with van der Waals surface area (Å²) in [6.07, 6.45) is 3.49. The van der Waals surface area contributed by atoms with Crippen LogP contribution >= 0.6 is 0 Å². The zero-order valence-electron chi connectivity index (χ0n) is 10.6. The molecule has 0 aromatic carbocycles. The number of nitrogens with two attached hydrogens (primary N) is 1. The summed E-state index contributed by atoms with van der Waals surface area (Å²) >= 11 is 0. The first-order chi connectivity index (χ1) is 8.54. The molecule has 0 fully saturated rings. The Balaban J connectivity index is 2.34. The van der Waals surface area contributed by atoms with Crippen molar-refractivity contribution >= 4 is 11.8 Å². The van der Waals surface area contributed by atoms with Crippen molar-refractivity contribution in [2.45, 2.75) is 19.4 Å². The molecule has 0 bridgehead atoms. The molecular formula is C11H19N5O2. The first kappa shape index (κ1) is 14.2. The largest absolute Gasteiger partial charge is 0.356 e. The van der Waals surface area contributed by atoms with E-state index >= 15 is 0 Å². The third-order valence-corrected chi connectivity index (χ3v) is 2.39. The zero-order valence-corrected chi connectivity index (χ0v) is 10.6. The molecule has 1 atom stereocenters. The second kappa shape index (κ2) is 6.75. The van der Waals surface area contributed by atoms with Gasteiger partial charge in [-0.05, 0) is 6.92 Å². The molecule has 0 aliphatic rings. The van der Waals surface area contributed by atoms with Crippen molar-refractivity contribution in [2.24, 2.45) is 12.8 Å². The van der Waals surface area contributed by atoms with Crippen LogP contribution in [0, 0.1) is 0 Å². The predicted molar refractivity (Wildman–Crippen MR) is 66.4 cm³/mol. The number of aryl methyl sites for hydroxylation is 1. The number of aromatic nitrogens is 2. The molecule has 1 aromatic rings. The number of hydrogen-bond donors (Lipinski definition) is 3. The van der Waals surface area contributed by atoms with Crippen molar-refractivity contribution in [1.82, 2.24) is 20.4 Å². The molecule has 0 saturated carbocycles. The molecule has 4 N–H and O–H groups in total. The fourth-order valence-electron chi connectivity index (χ4n) is 1.45. The lowest BCUT2D eigenvalue weighted by Crippen LogP contribution is -2.36. The van der Waals surface area contributed by atoms with E-state index in [9.17, 15) is 9.59 Å². The summed E-state index contributed by atoms with van der Waals surface area (Å²) in [7, 11) is 1.75. The maximum atomic E-state index is 11.7. The lowest BCUT2D eigenvalue weighted by molar-refractivity contribution is -0.123. The van der Waals surface area contributed by atoms with Gasteiger partial charge in [0, 0.05) is 38.3 Å². The number of amides is 2. The standard InChI is InChI=1S/C11H19N5O2/c1-3-13-9(17)4-5-14-11(18)10(12)8-6-15-16(2)7-8/h6-7,10H,3-5,12H2,1-2H3,(H,13,17)(H,14,18). The van der Waals surface area contributed by atoms with Crippen LogP contribution in [0.4, 0.5) is 0 Å². The molecule has 0 aliphatic heterocycles. The Morgan fingerprint density at radius 2 is 2.22 bits per heavy atom. The minimum Gasteiger partial charge on any atom is -0.356 e. The van der Waals surface area contributed by atoms with Gasteiger partial charge in [0.05, 0.1) is 6.20 Å². The molecule has 2 amide bonds. The fourth-order valence-corrected chi connectivity index (χ4v) is 1.45. The zero-order chi connectivity index (χ0) is 13.5. The summed E-state index contributed by atoms with van der Waals surface area (Å²) < 4.78 is 1.58. The highest BCUT2D eigenvalue weighted by molar-refractivity contribution is 5.83. The highest BCUT2D eigenvalue weighted by atomic mass is 16.2. The molecule has 0 spiro atoms. The van der Waals surface area contributed by atoms with Gasteiger partial charge in [-0.3, -0.25) is 14.3 Å². The van der Waals surface area contributed by atoms with Crippen LogP contribution in [-0.4, -0.2) is 34.7 Å². The van der Waals surface area contributed by atoms with Crippen LogP contribution in [0.15, 0.2) is 12.4 Å². The van der Waals surface area contributed by atoms with E-state index in [0.717, 1.165) is 0 Å². The van der Waals surface area contributed by atoms with Crippen LogP contribution in [0.25, 0.3) is 0 Å². The van der Waals surface area contributed by atoms with E-state index in [0.29, 0.717) is 12.1 Å². The summed E-state index contributed by atoms with van der Waals surface area (Å²) in [5.74, 6) is -0.403. The molecule has 1 aromatic heterocycles. The topological polar surface area (TPSA) is 102 Å². The van der Waals surface area contributed by atoms with Gasteiger partial charge >= 0.3 is 0 Å². The van der Waals surface area contributed by atoms with Gasteiger partial charge in [0.15, 0.2) is 0 Å². The Morgan fingerprint density at radius 1 is 1.50 bits per heavy atom. The Hall–Kier alpha value is -1.89. The van der Waals surface area contributed by atoms with Crippen molar-refractivity contribution in [3.8, 4) is 0 Å². The second-order valence-corrected chi connectivity index (χ2v) is 3.92. The molecule has 18 heavy (non-hydrogen) atoms. The van der Waals surface area contributed by atoms with E-state index in [1.165, 1.54) is 0 Å². The molecule has 7 heteroatoms. The van der Waals surface area contributed by atoms with E-state index < -0.39 is 6.04 Å². The summed E-state index contributed by atoms with van der Waals surface area (Å²) in [6.45, 7) is 2.70. The summed E-state index contributed by atoms with van der Waals surface area (Å²) in [5.41, 5.74) is 6.41. The average Bonchev–Trinajstić information content (AvgIpc) is 2.75. The monoisotopic (exact) mass is 253 g/mol. The van der Waals surface area contributed by atoms with Crippen molar-refractivity contribution in [1.29, 1.82) is 0 Å². The van der Waals surface area contributed by atoms with Crippen LogP contribution in [0.5, 0.6) is 0 Å². The van der Waals surface area contributed by atoms with Crippen LogP contribution < -0.4 is 16.4 Å². The van der Waals surface area contributed by atoms with Gasteiger partial charge < -0.3 is 16.4 Å². The Kier molecular flexibility index (Phi) is 5.31. The number of carbonyl (C=O) groups is 2. The summed E-state index contributed by atoms with van der Waals surface area (Å²) in [4.78, 5) is 22.8. The average molecular weight is 253 g/mol. The van der Waals surface area contributed by atoms with Crippen LogP contribution in [0.1, 0.15) is 24.9 Å². The third kappa shape index (κ3) is 4.17. The molecule has 1 heterocycles. The molecule has 100 valence electrons. The highest BCUT2D eigenvalue weighted by Crippen LogP contribution is 2.07. The van der Waals surface area contributed by atoms with Gasteiger partial charge in [-0.2, -0.15) is 5.10 Å². The molecular weight excluding hydrogens is 234 g/mol. The summed E-state index contributed by atoms with van der Waals surface area (Å²) in [5, 5.41) is 9.21. The third-order valence-electron chi connectivity index (χ3n) is 2.39. The van der Waals surface area contributed by atoms with Crippen molar-refractivity contribution in [3.63, 3.8) is 0 Å². The van der Waals surface area contributed by atoms with E-state index in [-0.39, 0.29) is 24.8 Å². The first-order valence-electron chi connectivity index (χ1n) is 5.83. The van der Waals surface area contributed by atoms with Crippen LogP contribution in [0.3, 0.4) is 0 Å². The maximum Gasteiger partial charge on any atom is 0.241 e. The van der Waals surface area contributed by atoms with Gasteiger partial charge in [-0.15, -0.1) is 0 Å². The van der Waals surface area contributed by atoms with Crippen molar-refractivity contribution in [3.05, 3.63) is 18.0 Å². The number of hydrogen-bond acceptors (Lipinski definition) is 4. The molecule has 0 radical (unpaired) electrons. The van der Waals surface area contributed by atoms with Gasteiger partial charge in [0.2, 0.25) is 11.8 Å². The fraction of sp³-hybridized carbons (Fsp3) is 0.545.